The third-order valence-electron chi connectivity index (χ3n) is 5.75. The van der Waals surface area contributed by atoms with Gasteiger partial charge in [0, 0.05) is 25.0 Å². The highest BCUT2D eigenvalue weighted by atomic mass is 35.5. The molecular weight excluding hydrogens is 428 g/mol. The molecule has 1 aliphatic heterocycles. The second-order valence-corrected chi connectivity index (χ2v) is 8.87. The molecule has 0 bridgehead atoms. The van der Waals surface area contributed by atoms with E-state index >= 15 is 0 Å². The zero-order chi connectivity index (χ0) is 23.3. The molecule has 32 heavy (non-hydrogen) atoms. The Bertz CT molecular complexity index is 966. The first-order chi connectivity index (χ1) is 15.3. The SMILES string of the molecule is CC(=O)Oc1ccccc1C(=O)N[C@@H](C(=O)N1CCC(c2ccc(Cl)cc2)CC1)C(C)C. The van der Waals surface area contributed by atoms with E-state index in [9.17, 15) is 14.4 Å². The molecule has 170 valence electrons. The lowest BCUT2D eigenvalue weighted by atomic mass is 9.89. The first kappa shape index (κ1) is 23.8. The molecule has 2 aromatic carbocycles. The van der Waals surface area contributed by atoms with Crippen molar-refractivity contribution in [3.8, 4) is 5.75 Å². The van der Waals surface area contributed by atoms with Crippen LogP contribution in [0.3, 0.4) is 0 Å². The van der Waals surface area contributed by atoms with Gasteiger partial charge in [-0.15, -0.1) is 0 Å². The van der Waals surface area contributed by atoms with E-state index < -0.39 is 17.9 Å². The summed E-state index contributed by atoms with van der Waals surface area (Å²) in [5.74, 6) is -0.570. The number of benzene rings is 2. The van der Waals surface area contributed by atoms with Gasteiger partial charge in [-0.2, -0.15) is 0 Å². The minimum absolute atomic E-state index is 0.0899. The van der Waals surface area contributed by atoms with Gasteiger partial charge in [-0.1, -0.05) is 49.7 Å². The van der Waals surface area contributed by atoms with Gasteiger partial charge in [-0.05, 0) is 54.5 Å². The molecule has 1 N–H and O–H groups in total. The fourth-order valence-corrected chi connectivity index (χ4v) is 4.12. The normalized spacial score (nSPS) is 15.3. The Kier molecular flexibility index (Phi) is 7.91. The molecule has 1 heterocycles. The van der Waals surface area contributed by atoms with Crippen LogP contribution in [0.4, 0.5) is 0 Å². The Morgan fingerprint density at radius 3 is 2.25 bits per heavy atom. The zero-order valence-corrected chi connectivity index (χ0v) is 19.4. The molecule has 1 fully saturated rings. The van der Waals surface area contributed by atoms with E-state index in [2.05, 4.69) is 5.32 Å². The second kappa shape index (κ2) is 10.6. The van der Waals surface area contributed by atoms with Gasteiger partial charge in [0.1, 0.15) is 11.8 Å². The Labute approximate surface area is 193 Å². The summed E-state index contributed by atoms with van der Waals surface area (Å²) in [7, 11) is 0. The molecule has 0 spiro atoms. The number of likely N-dealkylation sites (tertiary alicyclic amines) is 1. The predicted octanol–water partition coefficient (Wildman–Crippen LogP) is 4.43. The smallest absolute Gasteiger partial charge is 0.308 e. The number of carbonyl (C=O) groups is 3. The number of nitrogens with zero attached hydrogens (tertiary/aromatic N) is 1. The van der Waals surface area contributed by atoms with Crippen LogP contribution in [0.25, 0.3) is 0 Å². The average Bonchev–Trinajstić information content (AvgIpc) is 2.77. The molecule has 0 aromatic heterocycles. The van der Waals surface area contributed by atoms with Crippen LogP contribution in [0.15, 0.2) is 48.5 Å². The molecular formula is C25H29ClN2O4. The summed E-state index contributed by atoms with van der Waals surface area (Å²) in [6, 6.07) is 13.7. The van der Waals surface area contributed by atoms with Gasteiger partial charge in [0.25, 0.3) is 5.91 Å². The quantitative estimate of drug-likeness (QED) is 0.515. The molecule has 7 heteroatoms. The van der Waals surface area contributed by atoms with E-state index in [4.69, 9.17) is 16.3 Å². The molecule has 1 aliphatic rings. The van der Waals surface area contributed by atoms with Crippen molar-refractivity contribution in [1.82, 2.24) is 10.2 Å². The number of carbonyl (C=O) groups excluding carboxylic acids is 3. The number of ether oxygens (including phenoxy) is 1. The first-order valence-electron chi connectivity index (χ1n) is 10.9. The number of hydrogen-bond acceptors (Lipinski definition) is 4. The van der Waals surface area contributed by atoms with Crippen molar-refractivity contribution >= 4 is 29.4 Å². The third kappa shape index (κ3) is 5.88. The summed E-state index contributed by atoms with van der Waals surface area (Å²) in [5, 5.41) is 3.57. The highest BCUT2D eigenvalue weighted by Crippen LogP contribution is 2.29. The average molecular weight is 457 g/mol. The van der Waals surface area contributed by atoms with Gasteiger partial charge >= 0.3 is 5.97 Å². The fraction of sp³-hybridized carbons (Fsp3) is 0.400. The summed E-state index contributed by atoms with van der Waals surface area (Å²) < 4.78 is 5.14. The van der Waals surface area contributed by atoms with Gasteiger partial charge in [0.05, 0.1) is 5.56 Å². The topological polar surface area (TPSA) is 75.7 Å². The fourth-order valence-electron chi connectivity index (χ4n) is 4.00. The number of halogens is 1. The Hall–Kier alpha value is -2.86. The van der Waals surface area contributed by atoms with Crippen molar-refractivity contribution in [2.45, 2.75) is 45.6 Å². The summed E-state index contributed by atoms with van der Waals surface area (Å²) in [6.07, 6.45) is 1.73. The van der Waals surface area contributed by atoms with Crippen molar-refractivity contribution in [2.24, 2.45) is 5.92 Å². The van der Waals surface area contributed by atoms with Gasteiger partial charge in [0.15, 0.2) is 0 Å². The van der Waals surface area contributed by atoms with Crippen molar-refractivity contribution in [2.75, 3.05) is 13.1 Å². The van der Waals surface area contributed by atoms with Crippen LogP contribution < -0.4 is 10.1 Å². The standard InChI is InChI=1S/C25H29ClN2O4/c1-16(2)23(27-24(30)21-6-4-5-7-22(21)32-17(3)29)25(31)28-14-12-19(13-15-28)18-8-10-20(26)11-9-18/h4-11,16,19,23H,12-15H2,1-3H3,(H,27,30)/t23-/m1/s1. The number of piperidine rings is 1. The van der Waals surface area contributed by atoms with E-state index in [0.29, 0.717) is 24.0 Å². The molecule has 3 rings (SSSR count). The maximum Gasteiger partial charge on any atom is 0.308 e. The van der Waals surface area contributed by atoms with Crippen molar-refractivity contribution in [3.63, 3.8) is 0 Å². The first-order valence-corrected chi connectivity index (χ1v) is 11.3. The molecule has 0 saturated carbocycles. The second-order valence-electron chi connectivity index (χ2n) is 8.44. The van der Waals surface area contributed by atoms with E-state index in [-0.39, 0.29) is 23.1 Å². The molecule has 6 nitrogen and oxygen atoms in total. The lowest BCUT2D eigenvalue weighted by Crippen LogP contribution is -2.52. The maximum atomic E-state index is 13.3. The molecule has 2 amide bonds. The van der Waals surface area contributed by atoms with E-state index in [1.54, 1.807) is 24.3 Å². The number of esters is 1. The molecule has 2 aromatic rings. The van der Waals surface area contributed by atoms with Gasteiger partial charge in [-0.25, -0.2) is 0 Å². The van der Waals surface area contributed by atoms with Crippen LogP contribution >= 0.6 is 11.6 Å². The highest BCUT2D eigenvalue weighted by Gasteiger charge is 2.32. The Morgan fingerprint density at radius 2 is 1.66 bits per heavy atom. The van der Waals surface area contributed by atoms with E-state index in [0.717, 1.165) is 12.8 Å². The number of amides is 2. The number of para-hydroxylation sites is 1. The third-order valence-corrected chi connectivity index (χ3v) is 6.00. The molecule has 1 atom stereocenters. The van der Waals surface area contributed by atoms with Crippen LogP contribution in [0.5, 0.6) is 5.75 Å². The number of nitrogens with one attached hydrogen (secondary N) is 1. The van der Waals surface area contributed by atoms with Crippen LogP contribution in [-0.4, -0.2) is 41.8 Å². The monoisotopic (exact) mass is 456 g/mol. The summed E-state index contributed by atoms with van der Waals surface area (Å²) >= 11 is 5.99. The van der Waals surface area contributed by atoms with Crippen molar-refractivity contribution in [3.05, 3.63) is 64.7 Å². The van der Waals surface area contributed by atoms with Crippen LogP contribution in [0.1, 0.15) is 55.5 Å². The maximum absolute atomic E-state index is 13.3. The van der Waals surface area contributed by atoms with Crippen LogP contribution in [0, 0.1) is 5.92 Å². The largest absolute Gasteiger partial charge is 0.426 e. The Balaban J connectivity index is 1.66. The molecule has 0 aliphatic carbocycles. The van der Waals surface area contributed by atoms with E-state index in [1.165, 1.54) is 12.5 Å². The molecule has 0 radical (unpaired) electrons. The lowest BCUT2D eigenvalue weighted by molar-refractivity contribution is -0.135. The summed E-state index contributed by atoms with van der Waals surface area (Å²) in [4.78, 5) is 39.4. The van der Waals surface area contributed by atoms with Gasteiger partial charge < -0.3 is 15.0 Å². The summed E-state index contributed by atoms with van der Waals surface area (Å²) in [5.41, 5.74) is 1.46. The zero-order valence-electron chi connectivity index (χ0n) is 18.6. The molecule has 1 saturated heterocycles. The van der Waals surface area contributed by atoms with Gasteiger partial charge in [-0.3, -0.25) is 14.4 Å². The van der Waals surface area contributed by atoms with Crippen LogP contribution in [0.2, 0.25) is 5.02 Å². The lowest BCUT2D eigenvalue weighted by Gasteiger charge is -2.35. The Morgan fingerprint density at radius 1 is 1.03 bits per heavy atom. The highest BCUT2D eigenvalue weighted by molar-refractivity contribution is 6.30. The minimum atomic E-state index is -0.667. The van der Waals surface area contributed by atoms with E-state index in [1.807, 2.05) is 43.0 Å². The van der Waals surface area contributed by atoms with Crippen molar-refractivity contribution in [1.29, 1.82) is 0 Å². The van der Waals surface area contributed by atoms with Gasteiger partial charge in [0.2, 0.25) is 5.91 Å². The number of rotatable bonds is 6. The number of hydrogen-bond donors (Lipinski definition) is 1. The van der Waals surface area contributed by atoms with Crippen LogP contribution in [-0.2, 0) is 9.59 Å². The van der Waals surface area contributed by atoms with Crippen molar-refractivity contribution < 1.29 is 19.1 Å². The predicted molar refractivity (Wildman–Crippen MR) is 124 cm³/mol. The minimum Gasteiger partial charge on any atom is -0.426 e. The molecule has 0 unspecified atom stereocenters. The summed E-state index contributed by atoms with van der Waals surface area (Å²) in [6.45, 7) is 6.36.